The van der Waals surface area contributed by atoms with Crippen LogP contribution in [0.1, 0.15) is 19.4 Å². The van der Waals surface area contributed by atoms with Gasteiger partial charge in [-0.2, -0.15) is 0 Å². The second kappa shape index (κ2) is 5.39. The maximum absolute atomic E-state index is 13.7. The Labute approximate surface area is 94.9 Å². The monoisotopic (exact) mass is 221 g/mol. The summed E-state index contributed by atoms with van der Waals surface area (Å²) in [5.74, 6) is -0.210. The van der Waals surface area contributed by atoms with Crippen molar-refractivity contribution >= 4 is 0 Å². The van der Waals surface area contributed by atoms with E-state index in [2.05, 4.69) is 10.3 Å². The minimum absolute atomic E-state index is 0.210. The number of halogens is 1. The molecule has 16 heavy (non-hydrogen) atoms. The zero-order valence-corrected chi connectivity index (χ0v) is 10.0. The van der Waals surface area contributed by atoms with Crippen molar-refractivity contribution in [2.24, 2.45) is 7.05 Å². The van der Waals surface area contributed by atoms with Crippen molar-refractivity contribution < 1.29 is 4.39 Å². The van der Waals surface area contributed by atoms with Crippen LogP contribution in [0.2, 0.25) is 0 Å². The third-order valence-electron chi connectivity index (χ3n) is 2.18. The van der Waals surface area contributed by atoms with E-state index in [9.17, 15) is 4.39 Å². The van der Waals surface area contributed by atoms with E-state index in [4.69, 9.17) is 0 Å². The molecule has 2 aromatic rings. The molecule has 4 heteroatoms. The molecule has 0 spiro atoms. The highest BCUT2D eigenvalue weighted by Gasteiger charge is 2.10. The van der Waals surface area contributed by atoms with Gasteiger partial charge in [-0.3, -0.25) is 0 Å². The molecule has 0 bridgehead atoms. The lowest BCUT2D eigenvalue weighted by atomic mass is 10.1. The summed E-state index contributed by atoms with van der Waals surface area (Å²) < 4.78 is 15.2. The Balaban J connectivity index is 0.000000606. The number of benzene rings is 1. The molecule has 0 amide bonds. The van der Waals surface area contributed by atoms with Crippen LogP contribution in [0.15, 0.2) is 24.4 Å². The van der Waals surface area contributed by atoms with Crippen molar-refractivity contribution in [3.8, 4) is 11.3 Å². The van der Waals surface area contributed by atoms with Gasteiger partial charge in [-0.1, -0.05) is 31.2 Å². The molecule has 0 atom stereocenters. The third-order valence-corrected chi connectivity index (χ3v) is 2.18. The summed E-state index contributed by atoms with van der Waals surface area (Å²) in [6, 6.07) is 5.28. The summed E-state index contributed by atoms with van der Waals surface area (Å²) >= 11 is 0. The fourth-order valence-corrected chi connectivity index (χ4v) is 1.38. The van der Waals surface area contributed by atoms with Crippen molar-refractivity contribution in [2.45, 2.75) is 20.8 Å². The van der Waals surface area contributed by atoms with E-state index >= 15 is 0 Å². The molecule has 0 aliphatic heterocycles. The first-order valence-electron chi connectivity index (χ1n) is 5.30. The molecule has 0 fully saturated rings. The molecule has 0 N–H and O–H groups in total. The highest BCUT2D eigenvalue weighted by Crippen LogP contribution is 2.22. The Morgan fingerprint density at radius 2 is 1.94 bits per heavy atom. The zero-order chi connectivity index (χ0) is 12.1. The second-order valence-electron chi connectivity index (χ2n) is 3.18. The van der Waals surface area contributed by atoms with E-state index in [0.717, 1.165) is 0 Å². The van der Waals surface area contributed by atoms with Crippen LogP contribution < -0.4 is 0 Å². The maximum Gasteiger partial charge on any atom is 0.135 e. The molecule has 0 radical (unpaired) electrons. The molecule has 1 aromatic heterocycles. The summed E-state index contributed by atoms with van der Waals surface area (Å²) in [5, 5.41) is 7.48. The van der Waals surface area contributed by atoms with Crippen LogP contribution in [-0.2, 0) is 7.05 Å². The molecule has 0 aliphatic carbocycles. The van der Waals surface area contributed by atoms with E-state index in [-0.39, 0.29) is 5.82 Å². The normalized spacial score (nSPS) is 9.56. The van der Waals surface area contributed by atoms with Crippen molar-refractivity contribution in [1.29, 1.82) is 0 Å². The number of hydrogen-bond donors (Lipinski definition) is 0. The van der Waals surface area contributed by atoms with Crippen molar-refractivity contribution in [1.82, 2.24) is 15.0 Å². The van der Waals surface area contributed by atoms with Gasteiger partial charge in [0.05, 0.1) is 11.9 Å². The van der Waals surface area contributed by atoms with Crippen LogP contribution in [0.4, 0.5) is 4.39 Å². The first kappa shape index (κ1) is 12.4. The minimum Gasteiger partial charge on any atom is -0.248 e. The average Bonchev–Trinajstić information content (AvgIpc) is 2.72. The predicted molar refractivity (Wildman–Crippen MR) is 62.5 cm³/mol. The summed E-state index contributed by atoms with van der Waals surface area (Å²) in [6.07, 6.45) is 1.55. The number of hydrogen-bond acceptors (Lipinski definition) is 2. The SMILES string of the molecule is CC.Cc1cccc(-c2cnnn2C)c1F. The van der Waals surface area contributed by atoms with Gasteiger partial charge in [0, 0.05) is 12.6 Å². The molecule has 0 saturated heterocycles. The third kappa shape index (κ3) is 2.27. The Morgan fingerprint density at radius 1 is 1.25 bits per heavy atom. The van der Waals surface area contributed by atoms with Crippen molar-refractivity contribution in [2.75, 3.05) is 0 Å². The van der Waals surface area contributed by atoms with Crippen molar-refractivity contribution in [3.05, 3.63) is 35.8 Å². The van der Waals surface area contributed by atoms with Crippen LogP contribution >= 0.6 is 0 Å². The Bertz CT molecular complexity index is 463. The van der Waals surface area contributed by atoms with Gasteiger partial charge in [-0.05, 0) is 18.6 Å². The van der Waals surface area contributed by atoms with Gasteiger partial charge in [-0.15, -0.1) is 5.10 Å². The molecular weight excluding hydrogens is 205 g/mol. The lowest BCUT2D eigenvalue weighted by Gasteiger charge is -2.04. The van der Waals surface area contributed by atoms with Gasteiger partial charge in [0.1, 0.15) is 5.82 Å². The lowest BCUT2D eigenvalue weighted by molar-refractivity contribution is 0.618. The Morgan fingerprint density at radius 3 is 2.50 bits per heavy atom. The van der Waals surface area contributed by atoms with Gasteiger partial charge in [0.2, 0.25) is 0 Å². The van der Waals surface area contributed by atoms with Gasteiger partial charge in [-0.25, -0.2) is 9.07 Å². The summed E-state index contributed by atoms with van der Waals surface area (Å²) in [6.45, 7) is 5.74. The van der Waals surface area contributed by atoms with Crippen LogP contribution in [0, 0.1) is 12.7 Å². The highest BCUT2D eigenvalue weighted by atomic mass is 19.1. The smallest absolute Gasteiger partial charge is 0.135 e. The van der Waals surface area contributed by atoms with E-state index in [1.165, 1.54) is 0 Å². The Kier molecular flexibility index (Phi) is 4.17. The predicted octanol–water partition coefficient (Wildman–Crippen LogP) is 2.96. The molecule has 0 aliphatic rings. The summed E-state index contributed by atoms with van der Waals surface area (Å²) in [4.78, 5) is 0. The van der Waals surface area contributed by atoms with Crippen molar-refractivity contribution in [3.63, 3.8) is 0 Å². The fourth-order valence-electron chi connectivity index (χ4n) is 1.38. The molecule has 1 heterocycles. The number of nitrogens with zero attached hydrogens (tertiary/aromatic N) is 3. The quantitative estimate of drug-likeness (QED) is 0.741. The molecule has 86 valence electrons. The van der Waals surface area contributed by atoms with Crippen LogP contribution in [0.25, 0.3) is 11.3 Å². The standard InChI is InChI=1S/C10H10FN3.C2H6/c1-7-4-3-5-8(10(7)11)9-6-12-13-14(9)2;1-2/h3-6H,1-2H3;1-2H3. The van der Waals surface area contributed by atoms with E-state index in [1.807, 2.05) is 19.9 Å². The molecule has 0 saturated carbocycles. The summed E-state index contributed by atoms with van der Waals surface area (Å²) in [5.41, 5.74) is 1.85. The molecule has 0 unspecified atom stereocenters. The molecule has 3 nitrogen and oxygen atoms in total. The maximum atomic E-state index is 13.7. The fraction of sp³-hybridized carbons (Fsp3) is 0.333. The van der Waals surface area contributed by atoms with Gasteiger partial charge < -0.3 is 0 Å². The second-order valence-corrected chi connectivity index (χ2v) is 3.18. The number of aromatic nitrogens is 3. The minimum atomic E-state index is -0.210. The first-order valence-corrected chi connectivity index (χ1v) is 5.30. The van der Waals surface area contributed by atoms with Gasteiger partial charge in [0.25, 0.3) is 0 Å². The Hall–Kier alpha value is -1.71. The zero-order valence-electron chi connectivity index (χ0n) is 10.0. The van der Waals surface area contributed by atoms with Crippen LogP contribution in [0.3, 0.4) is 0 Å². The van der Waals surface area contributed by atoms with Gasteiger partial charge in [0.15, 0.2) is 0 Å². The largest absolute Gasteiger partial charge is 0.248 e. The average molecular weight is 221 g/mol. The molecule has 1 aromatic carbocycles. The summed E-state index contributed by atoms with van der Waals surface area (Å²) in [7, 11) is 1.74. The van der Waals surface area contributed by atoms with E-state index < -0.39 is 0 Å². The highest BCUT2D eigenvalue weighted by molar-refractivity contribution is 5.60. The number of aryl methyl sites for hydroxylation is 2. The number of rotatable bonds is 1. The van der Waals surface area contributed by atoms with Crippen LogP contribution in [0.5, 0.6) is 0 Å². The molecular formula is C12H16FN3. The van der Waals surface area contributed by atoms with Gasteiger partial charge >= 0.3 is 0 Å². The topological polar surface area (TPSA) is 30.7 Å². The first-order chi connectivity index (χ1) is 7.70. The molecule has 2 rings (SSSR count). The van der Waals surface area contributed by atoms with Crippen LogP contribution in [-0.4, -0.2) is 15.0 Å². The van der Waals surface area contributed by atoms with E-state index in [1.54, 1.807) is 37.0 Å². The lowest BCUT2D eigenvalue weighted by Crippen LogP contribution is -1.96. The van der Waals surface area contributed by atoms with E-state index in [0.29, 0.717) is 16.8 Å².